The fourth-order valence-corrected chi connectivity index (χ4v) is 1.77. The molecule has 21 heavy (non-hydrogen) atoms. The number of carbonyl (C=O) groups excluding carboxylic acids is 1. The van der Waals surface area contributed by atoms with Crippen LogP contribution in [0.1, 0.15) is 22.8 Å². The zero-order valence-corrected chi connectivity index (χ0v) is 12.3. The van der Waals surface area contributed by atoms with E-state index in [1.165, 1.54) is 18.0 Å². The van der Waals surface area contributed by atoms with Crippen molar-refractivity contribution >= 4 is 11.6 Å². The van der Waals surface area contributed by atoms with Crippen LogP contribution >= 0.6 is 0 Å². The Morgan fingerprint density at radius 3 is 2.57 bits per heavy atom. The molecule has 1 rings (SSSR count). The average Bonchev–Trinajstić information content (AvgIpc) is 2.44. The lowest BCUT2D eigenvalue weighted by Crippen LogP contribution is -2.31. The van der Waals surface area contributed by atoms with E-state index in [2.05, 4.69) is 5.32 Å². The van der Waals surface area contributed by atoms with Crippen LogP contribution in [0, 0.1) is 0 Å². The number of nitrogens with zero attached hydrogens (tertiary/aromatic N) is 1. The Bertz CT molecular complexity index is 490. The number of benzene rings is 1. The van der Waals surface area contributed by atoms with Crippen LogP contribution in [0.3, 0.4) is 0 Å². The summed E-state index contributed by atoms with van der Waals surface area (Å²) in [4.78, 5) is 13.6. The standard InChI is InChI=1S/C14H19F3N2O2/c1-4-21-8-7-19(3)13(20)11-9-10(14(15,16)17)5-6-12(11)18-2/h5-6,9,18H,4,7-8H2,1-3H3. The van der Waals surface area contributed by atoms with E-state index in [1.807, 2.05) is 6.92 Å². The molecule has 1 aromatic carbocycles. The predicted octanol–water partition coefficient (Wildman–Crippen LogP) is 2.86. The quantitative estimate of drug-likeness (QED) is 0.822. The summed E-state index contributed by atoms with van der Waals surface area (Å²) in [7, 11) is 3.08. The van der Waals surface area contributed by atoms with E-state index in [0.717, 1.165) is 12.1 Å². The highest BCUT2D eigenvalue weighted by Crippen LogP contribution is 2.32. The van der Waals surface area contributed by atoms with Gasteiger partial charge in [0.1, 0.15) is 0 Å². The summed E-state index contributed by atoms with van der Waals surface area (Å²) < 4.78 is 43.4. The highest BCUT2D eigenvalue weighted by molar-refractivity contribution is 5.99. The van der Waals surface area contributed by atoms with Gasteiger partial charge in [0, 0.05) is 32.9 Å². The molecule has 0 aliphatic heterocycles. The lowest BCUT2D eigenvalue weighted by molar-refractivity contribution is -0.137. The molecule has 0 radical (unpaired) electrons. The van der Waals surface area contributed by atoms with Gasteiger partial charge in [0.15, 0.2) is 0 Å². The maximum absolute atomic E-state index is 12.8. The minimum absolute atomic E-state index is 0.00803. The van der Waals surface area contributed by atoms with Gasteiger partial charge in [-0.05, 0) is 25.1 Å². The Morgan fingerprint density at radius 1 is 1.38 bits per heavy atom. The van der Waals surface area contributed by atoms with Crippen molar-refractivity contribution in [3.05, 3.63) is 29.3 Å². The normalized spacial score (nSPS) is 11.3. The van der Waals surface area contributed by atoms with Crippen molar-refractivity contribution in [1.29, 1.82) is 0 Å². The molecule has 0 fully saturated rings. The van der Waals surface area contributed by atoms with Crippen LogP contribution in [0.5, 0.6) is 0 Å². The van der Waals surface area contributed by atoms with Gasteiger partial charge in [-0.1, -0.05) is 0 Å². The third kappa shape index (κ3) is 4.63. The van der Waals surface area contributed by atoms with Crippen LogP contribution in [0.4, 0.5) is 18.9 Å². The molecule has 1 aromatic rings. The molecule has 0 saturated carbocycles. The Morgan fingerprint density at radius 2 is 2.05 bits per heavy atom. The number of amides is 1. The van der Waals surface area contributed by atoms with Gasteiger partial charge < -0.3 is 15.0 Å². The molecule has 1 N–H and O–H groups in total. The van der Waals surface area contributed by atoms with Gasteiger partial charge in [0.25, 0.3) is 5.91 Å². The maximum Gasteiger partial charge on any atom is 0.416 e. The van der Waals surface area contributed by atoms with E-state index in [9.17, 15) is 18.0 Å². The largest absolute Gasteiger partial charge is 0.416 e. The van der Waals surface area contributed by atoms with Crippen LogP contribution in [0.15, 0.2) is 18.2 Å². The van der Waals surface area contributed by atoms with Crippen LogP contribution in [-0.4, -0.2) is 44.7 Å². The molecule has 4 nitrogen and oxygen atoms in total. The van der Waals surface area contributed by atoms with E-state index in [1.54, 1.807) is 7.05 Å². The van der Waals surface area contributed by atoms with Crippen LogP contribution in [0.2, 0.25) is 0 Å². The van der Waals surface area contributed by atoms with Crippen LogP contribution in [0.25, 0.3) is 0 Å². The summed E-state index contributed by atoms with van der Waals surface area (Å²) in [5.41, 5.74) is -0.495. The van der Waals surface area contributed by atoms with Gasteiger partial charge in [-0.3, -0.25) is 4.79 Å². The second-order valence-electron chi connectivity index (χ2n) is 4.43. The number of anilines is 1. The van der Waals surface area contributed by atoms with Crippen molar-refractivity contribution in [2.75, 3.05) is 39.2 Å². The first kappa shape index (κ1) is 17.3. The van der Waals surface area contributed by atoms with Gasteiger partial charge in [0.2, 0.25) is 0 Å². The molecule has 0 aliphatic rings. The Balaban J connectivity index is 3.00. The molecule has 7 heteroatoms. The van der Waals surface area contributed by atoms with Crippen molar-refractivity contribution in [2.45, 2.75) is 13.1 Å². The van der Waals surface area contributed by atoms with Crippen molar-refractivity contribution in [3.63, 3.8) is 0 Å². The van der Waals surface area contributed by atoms with Crippen molar-refractivity contribution < 1.29 is 22.7 Å². The third-order valence-electron chi connectivity index (χ3n) is 2.97. The Hall–Kier alpha value is -1.76. The van der Waals surface area contributed by atoms with E-state index >= 15 is 0 Å². The van der Waals surface area contributed by atoms with Gasteiger partial charge in [-0.2, -0.15) is 13.2 Å². The first-order valence-electron chi connectivity index (χ1n) is 6.53. The first-order chi connectivity index (χ1) is 9.81. The fourth-order valence-electron chi connectivity index (χ4n) is 1.77. The van der Waals surface area contributed by atoms with E-state index in [0.29, 0.717) is 25.4 Å². The number of ether oxygens (including phenoxy) is 1. The van der Waals surface area contributed by atoms with Gasteiger partial charge >= 0.3 is 6.18 Å². The number of likely N-dealkylation sites (N-methyl/N-ethyl adjacent to an activating group) is 1. The molecule has 0 spiro atoms. The Labute approximate surface area is 121 Å². The zero-order chi connectivity index (χ0) is 16.0. The summed E-state index contributed by atoms with van der Waals surface area (Å²) >= 11 is 0. The molecular weight excluding hydrogens is 285 g/mol. The van der Waals surface area contributed by atoms with Gasteiger partial charge in [-0.15, -0.1) is 0 Å². The molecule has 0 atom stereocenters. The Kier molecular flexibility index (Phi) is 6.02. The summed E-state index contributed by atoms with van der Waals surface area (Å²) in [6.07, 6.45) is -4.48. The molecule has 1 amide bonds. The molecule has 0 heterocycles. The monoisotopic (exact) mass is 304 g/mol. The molecule has 0 bridgehead atoms. The lowest BCUT2D eigenvalue weighted by atomic mass is 10.1. The number of alkyl halides is 3. The lowest BCUT2D eigenvalue weighted by Gasteiger charge is -2.20. The number of hydrogen-bond donors (Lipinski definition) is 1. The fraction of sp³-hybridized carbons (Fsp3) is 0.500. The summed E-state index contributed by atoms with van der Waals surface area (Å²) in [6, 6.07) is 3.07. The molecule has 0 saturated heterocycles. The van der Waals surface area contributed by atoms with Crippen molar-refractivity contribution in [3.8, 4) is 0 Å². The van der Waals surface area contributed by atoms with E-state index < -0.39 is 17.6 Å². The van der Waals surface area contributed by atoms with Crippen molar-refractivity contribution in [2.24, 2.45) is 0 Å². The van der Waals surface area contributed by atoms with E-state index in [-0.39, 0.29) is 5.56 Å². The molecule has 0 aliphatic carbocycles. The van der Waals surface area contributed by atoms with Gasteiger partial charge in [0.05, 0.1) is 17.7 Å². The molecule has 0 aromatic heterocycles. The second kappa shape index (κ2) is 7.31. The number of nitrogens with one attached hydrogen (secondary N) is 1. The summed E-state index contributed by atoms with van der Waals surface area (Å²) in [5, 5.41) is 2.73. The SMILES string of the molecule is CCOCCN(C)C(=O)c1cc(C(F)(F)F)ccc1NC. The number of rotatable bonds is 6. The second-order valence-corrected chi connectivity index (χ2v) is 4.43. The van der Waals surface area contributed by atoms with Crippen LogP contribution < -0.4 is 5.32 Å². The van der Waals surface area contributed by atoms with Crippen molar-refractivity contribution in [1.82, 2.24) is 4.90 Å². The minimum atomic E-state index is -4.48. The molecular formula is C14H19F3N2O2. The molecule has 0 unspecified atom stereocenters. The van der Waals surface area contributed by atoms with E-state index in [4.69, 9.17) is 4.74 Å². The zero-order valence-electron chi connectivity index (χ0n) is 12.3. The number of halogens is 3. The highest BCUT2D eigenvalue weighted by atomic mass is 19.4. The maximum atomic E-state index is 12.8. The third-order valence-corrected chi connectivity index (χ3v) is 2.97. The highest BCUT2D eigenvalue weighted by Gasteiger charge is 2.32. The van der Waals surface area contributed by atoms with Crippen LogP contribution in [-0.2, 0) is 10.9 Å². The summed E-state index contributed by atoms with van der Waals surface area (Å²) in [5.74, 6) is -0.481. The number of hydrogen-bond acceptors (Lipinski definition) is 3. The molecule has 118 valence electrons. The average molecular weight is 304 g/mol. The smallest absolute Gasteiger partial charge is 0.387 e. The van der Waals surface area contributed by atoms with Gasteiger partial charge in [-0.25, -0.2) is 0 Å². The predicted molar refractivity (Wildman–Crippen MR) is 74.4 cm³/mol. The first-order valence-corrected chi connectivity index (χ1v) is 6.53. The summed E-state index contributed by atoms with van der Waals surface area (Å²) in [6.45, 7) is 3.00. The number of carbonyl (C=O) groups is 1. The topological polar surface area (TPSA) is 41.6 Å². The minimum Gasteiger partial charge on any atom is -0.387 e.